The third-order valence-corrected chi connectivity index (χ3v) is 2.13. The molecule has 0 unspecified atom stereocenters. The molecule has 0 heterocycles. The van der Waals surface area contributed by atoms with E-state index in [9.17, 15) is 9.59 Å². The zero-order chi connectivity index (χ0) is 13.5. The number of benzene rings is 1. The maximum absolute atomic E-state index is 11.5. The maximum Gasteiger partial charge on any atom is 0.332 e. The van der Waals surface area contributed by atoms with Gasteiger partial charge in [-0.3, -0.25) is 4.79 Å². The number of para-hydroxylation sites is 1. The number of hydrogen-bond acceptors (Lipinski definition) is 4. The molecule has 1 rings (SSSR count). The van der Waals surface area contributed by atoms with Gasteiger partial charge in [0.15, 0.2) is 6.10 Å². The fourth-order valence-corrected chi connectivity index (χ4v) is 1.15. The van der Waals surface area contributed by atoms with E-state index in [1.54, 1.807) is 24.3 Å². The summed E-state index contributed by atoms with van der Waals surface area (Å²) in [4.78, 5) is 21.9. The van der Waals surface area contributed by atoms with Gasteiger partial charge in [-0.15, -0.1) is 0 Å². The normalized spacial score (nSPS) is 11.3. The van der Waals surface area contributed by atoms with Gasteiger partial charge in [0.2, 0.25) is 5.91 Å². The molecule has 18 heavy (non-hydrogen) atoms. The van der Waals surface area contributed by atoms with Crippen LogP contribution in [0, 0.1) is 11.3 Å². The van der Waals surface area contributed by atoms with Crippen LogP contribution in [0.2, 0.25) is 0 Å². The molecule has 0 aliphatic heterocycles. The van der Waals surface area contributed by atoms with E-state index in [0.29, 0.717) is 11.3 Å². The largest absolute Gasteiger partial charge is 0.479 e. The molecule has 0 aliphatic carbocycles. The van der Waals surface area contributed by atoms with Crippen LogP contribution in [0.1, 0.15) is 12.5 Å². The highest BCUT2D eigenvalue weighted by Gasteiger charge is 2.13. The minimum absolute atomic E-state index is 0.331. The van der Waals surface area contributed by atoms with Crippen LogP contribution in [0.5, 0.6) is 0 Å². The smallest absolute Gasteiger partial charge is 0.332 e. The van der Waals surface area contributed by atoms with Crippen molar-refractivity contribution in [3.63, 3.8) is 0 Å². The molecule has 0 spiro atoms. The Morgan fingerprint density at radius 1 is 1.50 bits per heavy atom. The third-order valence-electron chi connectivity index (χ3n) is 2.13. The first-order valence-electron chi connectivity index (χ1n) is 5.18. The first-order valence-corrected chi connectivity index (χ1v) is 5.18. The number of ether oxygens (including phenoxy) is 1. The van der Waals surface area contributed by atoms with Crippen LogP contribution in [-0.2, 0) is 14.3 Å². The van der Waals surface area contributed by atoms with E-state index in [2.05, 4.69) is 5.32 Å². The standard InChI is InChI=1S/C12H12N2O4/c1-8(12(16)17)18-7-11(15)14-10-5-3-2-4-9(10)6-13/h2-5,8H,7H2,1H3,(H,14,15)(H,16,17)/t8-/m1/s1. The Bertz CT molecular complexity index is 493. The second kappa shape index (κ2) is 6.37. The Balaban J connectivity index is 2.55. The van der Waals surface area contributed by atoms with Gasteiger partial charge < -0.3 is 15.2 Å². The van der Waals surface area contributed by atoms with E-state index in [-0.39, 0.29) is 6.61 Å². The number of carboxylic acids is 1. The van der Waals surface area contributed by atoms with Crippen LogP contribution in [0.3, 0.4) is 0 Å². The molecule has 2 N–H and O–H groups in total. The van der Waals surface area contributed by atoms with E-state index in [0.717, 1.165) is 0 Å². The van der Waals surface area contributed by atoms with Gasteiger partial charge in [-0.1, -0.05) is 12.1 Å². The van der Waals surface area contributed by atoms with Crippen LogP contribution in [0.4, 0.5) is 5.69 Å². The van der Waals surface area contributed by atoms with Gasteiger partial charge in [-0.05, 0) is 19.1 Å². The van der Waals surface area contributed by atoms with Crippen LogP contribution < -0.4 is 5.32 Å². The highest BCUT2D eigenvalue weighted by molar-refractivity contribution is 5.93. The lowest BCUT2D eigenvalue weighted by atomic mass is 10.2. The summed E-state index contributed by atoms with van der Waals surface area (Å²) in [5, 5.41) is 19.9. The quantitative estimate of drug-likeness (QED) is 0.809. The van der Waals surface area contributed by atoms with Crippen LogP contribution in [-0.4, -0.2) is 29.7 Å². The topological polar surface area (TPSA) is 99.4 Å². The first-order chi connectivity index (χ1) is 8.54. The summed E-state index contributed by atoms with van der Waals surface area (Å²) in [6, 6.07) is 8.44. The Kier molecular flexibility index (Phi) is 4.84. The van der Waals surface area contributed by atoms with Crippen molar-refractivity contribution in [2.75, 3.05) is 11.9 Å². The summed E-state index contributed by atoms with van der Waals surface area (Å²) in [6.45, 7) is 0.950. The molecule has 6 nitrogen and oxygen atoms in total. The van der Waals surface area contributed by atoms with Crippen molar-refractivity contribution < 1.29 is 19.4 Å². The highest BCUT2D eigenvalue weighted by atomic mass is 16.5. The number of aliphatic carboxylic acids is 1. The second-order valence-electron chi connectivity index (χ2n) is 3.50. The lowest BCUT2D eigenvalue weighted by molar-refractivity contribution is -0.150. The number of carbonyl (C=O) groups excluding carboxylic acids is 1. The summed E-state index contributed by atoms with van der Waals surface area (Å²) >= 11 is 0. The van der Waals surface area contributed by atoms with Crippen LogP contribution in [0.15, 0.2) is 24.3 Å². The van der Waals surface area contributed by atoms with Crippen molar-refractivity contribution in [1.82, 2.24) is 0 Å². The van der Waals surface area contributed by atoms with E-state index >= 15 is 0 Å². The summed E-state index contributed by atoms with van der Waals surface area (Å²) in [5.41, 5.74) is 0.703. The molecule has 1 atom stereocenters. The van der Waals surface area contributed by atoms with Crippen molar-refractivity contribution >= 4 is 17.6 Å². The molecular formula is C12H12N2O4. The molecule has 0 saturated carbocycles. The minimum atomic E-state index is -1.14. The molecule has 0 aromatic heterocycles. The van der Waals surface area contributed by atoms with Gasteiger partial charge in [0.25, 0.3) is 0 Å². The number of carbonyl (C=O) groups is 2. The van der Waals surface area contributed by atoms with Gasteiger partial charge >= 0.3 is 5.97 Å². The van der Waals surface area contributed by atoms with E-state index < -0.39 is 18.0 Å². The summed E-state index contributed by atoms with van der Waals surface area (Å²) < 4.78 is 4.82. The minimum Gasteiger partial charge on any atom is -0.479 e. The van der Waals surface area contributed by atoms with Crippen molar-refractivity contribution in [2.45, 2.75) is 13.0 Å². The fraction of sp³-hybridized carbons (Fsp3) is 0.250. The highest BCUT2D eigenvalue weighted by Crippen LogP contribution is 2.13. The molecular weight excluding hydrogens is 236 g/mol. The van der Waals surface area contributed by atoms with Gasteiger partial charge in [-0.2, -0.15) is 5.26 Å². The molecule has 0 radical (unpaired) electrons. The molecule has 1 aromatic carbocycles. The number of nitrogens with one attached hydrogen (secondary N) is 1. The van der Waals surface area contributed by atoms with E-state index in [1.165, 1.54) is 6.92 Å². The maximum atomic E-state index is 11.5. The molecule has 6 heteroatoms. The number of nitrogens with zero attached hydrogens (tertiary/aromatic N) is 1. The van der Waals surface area contributed by atoms with Crippen molar-refractivity contribution in [2.24, 2.45) is 0 Å². The molecule has 0 aliphatic rings. The van der Waals surface area contributed by atoms with Crippen LogP contribution >= 0.6 is 0 Å². The molecule has 0 bridgehead atoms. The summed E-state index contributed by atoms with van der Waals surface area (Å²) in [5.74, 6) is -1.65. The number of rotatable bonds is 5. The predicted molar refractivity (Wildman–Crippen MR) is 62.8 cm³/mol. The number of anilines is 1. The number of carboxylic acid groups (broad SMARTS) is 1. The number of nitriles is 1. The molecule has 1 amide bonds. The van der Waals surface area contributed by atoms with Gasteiger partial charge in [0.1, 0.15) is 12.7 Å². The Labute approximate surface area is 104 Å². The Morgan fingerprint density at radius 3 is 2.78 bits per heavy atom. The number of amides is 1. The number of hydrogen-bond donors (Lipinski definition) is 2. The lowest BCUT2D eigenvalue weighted by Crippen LogP contribution is -2.26. The van der Waals surface area contributed by atoms with Crippen molar-refractivity contribution in [1.29, 1.82) is 5.26 Å². The Morgan fingerprint density at radius 2 is 2.17 bits per heavy atom. The van der Waals surface area contributed by atoms with Crippen LogP contribution in [0.25, 0.3) is 0 Å². The average molecular weight is 248 g/mol. The molecule has 94 valence electrons. The van der Waals surface area contributed by atoms with Gasteiger partial charge in [-0.25, -0.2) is 4.79 Å². The SMILES string of the molecule is C[C@@H](OCC(=O)Nc1ccccc1C#N)C(=O)O. The van der Waals surface area contributed by atoms with Gasteiger partial charge in [0.05, 0.1) is 11.3 Å². The van der Waals surface area contributed by atoms with E-state index in [1.807, 2.05) is 6.07 Å². The second-order valence-corrected chi connectivity index (χ2v) is 3.50. The van der Waals surface area contributed by atoms with Gasteiger partial charge in [0, 0.05) is 0 Å². The predicted octanol–water partition coefficient (Wildman–Crippen LogP) is 0.986. The summed E-state index contributed by atoms with van der Waals surface area (Å²) in [6.07, 6.45) is -1.05. The van der Waals surface area contributed by atoms with Crippen molar-refractivity contribution in [3.05, 3.63) is 29.8 Å². The zero-order valence-corrected chi connectivity index (χ0v) is 9.71. The molecule has 0 saturated heterocycles. The molecule has 1 aromatic rings. The third kappa shape index (κ3) is 3.88. The summed E-state index contributed by atoms with van der Waals surface area (Å²) in [7, 11) is 0. The zero-order valence-electron chi connectivity index (χ0n) is 9.71. The first kappa shape index (κ1) is 13.7. The monoisotopic (exact) mass is 248 g/mol. The fourth-order valence-electron chi connectivity index (χ4n) is 1.15. The average Bonchev–Trinajstić information content (AvgIpc) is 2.36. The van der Waals surface area contributed by atoms with E-state index in [4.69, 9.17) is 15.1 Å². The molecule has 0 fully saturated rings. The Hall–Kier alpha value is -2.39. The van der Waals surface area contributed by atoms with Crippen molar-refractivity contribution in [3.8, 4) is 6.07 Å². The lowest BCUT2D eigenvalue weighted by Gasteiger charge is -2.09.